The molecule has 168 valence electrons. The van der Waals surface area contributed by atoms with Gasteiger partial charge in [0.15, 0.2) is 0 Å². The monoisotopic (exact) mass is 436 g/mol. The highest BCUT2D eigenvalue weighted by Crippen LogP contribution is 2.15. The van der Waals surface area contributed by atoms with Crippen LogP contribution < -0.4 is 0 Å². The van der Waals surface area contributed by atoms with Gasteiger partial charge in [-0.1, -0.05) is 59.2 Å². The number of carboxylic acids is 2. The molecule has 0 aliphatic heterocycles. The molecule has 32 heavy (non-hydrogen) atoms. The van der Waals surface area contributed by atoms with E-state index in [0.29, 0.717) is 11.1 Å². The molecule has 0 atom stereocenters. The van der Waals surface area contributed by atoms with E-state index in [2.05, 4.69) is 31.2 Å². The number of aromatic carboxylic acids is 2. The molecule has 0 amide bonds. The third kappa shape index (κ3) is 8.83. The Morgan fingerprint density at radius 2 is 1.22 bits per heavy atom. The lowest BCUT2D eigenvalue weighted by molar-refractivity contribution is -0.122. The van der Waals surface area contributed by atoms with Crippen LogP contribution in [0.2, 0.25) is 0 Å². The van der Waals surface area contributed by atoms with E-state index in [4.69, 9.17) is 20.1 Å². The Balaban J connectivity index is 0.000000312. The first-order chi connectivity index (χ1) is 15.1. The number of hydrogen-bond donors (Lipinski definition) is 3. The molecule has 0 aliphatic rings. The van der Waals surface area contributed by atoms with Crippen molar-refractivity contribution in [2.45, 2.75) is 34.1 Å². The molecule has 0 spiro atoms. The Labute approximate surface area is 187 Å². The molecular weight excluding hydrogens is 408 g/mol. The first-order valence-electron chi connectivity index (χ1n) is 9.85. The van der Waals surface area contributed by atoms with Crippen LogP contribution >= 0.6 is 0 Å². The van der Waals surface area contributed by atoms with Crippen molar-refractivity contribution in [2.24, 2.45) is 0 Å². The Morgan fingerprint density at radius 1 is 0.719 bits per heavy atom. The van der Waals surface area contributed by atoms with Crippen molar-refractivity contribution in [1.29, 1.82) is 0 Å². The van der Waals surface area contributed by atoms with Crippen LogP contribution in [0, 0.1) is 27.7 Å². The molecule has 0 bridgehead atoms. The van der Waals surface area contributed by atoms with E-state index in [0.717, 1.165) is 28.7 Å². The van der Waals surface area contributed by atoms with E-state index in [9.17, 15) is 9.59 Å². The molecule has 3 N–H and O–H groups in total. The predicted octanol–water partition coefficient (Wildman–Crippen LogP) is 5.29. The number of hydrogen-bond acceptors (Lipinski definition) is 3. The third-order valence-electron chi connectivity index (χ3n) is 4.53. The maximum absolute atomic E-state index is 11.1. The number of carboxylic acid groups (broad SMARTS) is 3. The highest BCUT2D eigenvalue weighted by atomic mass is 16.4. The normalized spacial score (nSPS) is 9.50. The van der Waals surface area contributed by atoms with Gasteiger partial charge in [0, 0.05) is 0 Å². The van der Waals surface area contributed by atoms with Gasteiger partial charge < -0.3 is 15.3 Å². The van der Waals surface area contributed by atoms with E-state index in [1.807, 2.05) is 39.0 Å². The van der Waals surface area contributed by atoms with Gasteiger partial charge >= 0.3 is 11.9 Å². The molecule has 0 aromatic heterocycles. The zero-order chi connectivity index (χ0) is 24.3. The standard InChI is InChI=1S/C16H16O2.C9H10O2.CH2O2/c1-11-3-6-13(7-4-11)9-14-8-5-12(2)15(10-14)16(17)18;1-6-3-7(2)5-8(4-6)9(10)11;2-1-3/h3-8,10H,9H2,1-2H3,(H,17,18);3-5H,1-2H3,(H,10,11);1H,(H,2,3). The molecule has 3 aromatic carbocycles. The lowest BCUT2D eigenvalue weighted by Crippen LogP contribution is -2.01. The average molecular weight is 437 g/mol. The van der Waals surface area contributed by atoms with Crippen molar-refractivity contribution in [2.75, 3.05) is 0 Å². The Kier molecular flexibility index (Phi) is 10.4. The second-order valence-corrected chi connectivity index (χ2v) is 7.40. The number of carbonyl (C=O) groups is 3. The SMILES string of the molecule is Cc1cc(C)cc(C(=O)O)c1.Cc1ccc(Cc2ccc(C)c(C(=O)O)c2)cc1.O=CO. The summed E-state index contributed by atoms with van der Waals surface area (Å²) in [5.74, 6) is -1.73. The van der Waals surface area contributed by atoms with Gasteiger partial charge in [-0.25, -0.2) is 9.59 Å². The summed E-state index contributed by atoms with van der Waals surface area (Å²) in [7, 11) is 0. The summed E-state index contributed by atoms with van der Waals surface area (Å²) in [5.41, 5.74) is 6.98. The summed E-state index contributed by atoms with van der Waals surface area (Å²) in [5, 5.41) is 24.6. The smallest absolute Gasteiger partial charge is 0.335 e. The zero-order valence-electron chi connectivity index (χ0n) is 18.6. The van der Waals surface area contributed by atoms with Gasteiger partial charge in [0.05, 0.1) is 11.1 Å². The second-order valence-electron chi connectivity index (χ2n) is 7.40. The maximum atomic E-state index is 11.1. The predicted molar refractivity (Wildman–Crippen MR) is 124 cm³/mol. The van der Waals surface area contributed by atoms with Crippen LogP contribution in [-0.2, 0) is 11.2 Å². The van der Waals surface area contributed by atoms with Gasteiger partial charge in [0.1, 0.15) is 0 Å². The van der Waals surface area contributed by atoms with Crippen LogP contribution in [-0.4, -0.2) is 33.7 Å². The summed E-state index contributed by atoms with van der Waals surface area (Å²) in [4.78, 5) is 29.9. The van der Waals surface area contributed by atoms with Crippen molar-refractivity contribution in [3.8, 4) is 0 Å². The third-order valence-corrected chi connectivity index (χ3v) is 4.53. The maximum Gasteiger partial charge on any atom is 0.335 e. The van der Waals surface area contributed by atoms with Crippen LogP contribution in [0.15, 0.2) is 60.7 Å². The lowest BCUT2D eigenvalue weighted by Gasteiger charge is -2.06. The molecular formula is C26H28O6. The van der Waals surface area contributed by atoms with Crippen molar-refractivity contribution in [3.63, 3.8) is 0 Å². The van der Waals surface area contributed by atoms with Gasteiger partial charge in [-0.15, -0.1) is 0 Å². The highest BCUT2D eigenvalue weighted by molar-refractivity contribution is 5.89. The molecule has 6 heteroatoms. The van der Waals surface area contributed by atoms with Gasteiger partial charge in [-0.3, -0.25) is 4.79 Å². The zero-order valence-corrected chi connectivity index (χ0v) is 18.6. The Morgan fingerprint density at radius 3 is 1.69 bits per heavy atom. The van der Waals surface area contributed by atoms with Gasteiger partial charge in [-0.2, -0.15) is 0 Å². The topological polar surface area (TPSA) is 112 Å². The quantitative estimate of drug-likeness (QED) is 0.479. The molecule has 3 aromatic rings. The van der Waals surface area contributed by atoms with Crippen LogP contribution in [0.25, 0.3) is 0 Å². The number of rotatable bonds is 4. The summed E-state index contributed by atoms with van der Waals surface area (Å²) >= 11 is 0. The first kappa shape index (κ1) is 26.1. The Hall–Kier alpha value is -3.93. The van der Waals surface area contributed by atoms with Gasteiger partial charge in [0.2, 0.25) is 0 Å². The van der Waals surface area contributed by atoms with Crippen LogP contribution in [0.4, 0.5) is 0 Å². The largest absolute Gasteiger partial charge is 0.483 e. The molecule has 0 fully saturated rings. The molecule has 0 radical (unpaired) electrons. The summed E-state index contributed by atoms with van der Waals surface area (Å²) in [6.07, 6.45) is 0.765. The number of benzene rings is 3. The van der Waals surface area contributed by atoms with E-state index < -0.39 is 11.9 Å². The van der Waals surface area contributed by atoms with Gasteiger partial charge in [-0.05, 0) is 69.0 Å². The number of aryl methyl sites for hydroxylation is 4. The van der Waals surface area contributed by atoms with Crippen molar-refractivity contribution < 1.29 is 29.7 Å². The van der Waals surface area contributed by atoms with E-state index in [1.54, 1.807) is 18.2 Å². The highest BCUT2D eigenvalue weighted by Gasteiger charge is 2.08. The van der Waals surface area contributed by atoms with Crippen molar-refractivity contribution >= 4 is 18.4 Å². The van der Waals surface area contributed by atoms with Crippen molar-refractivity contribution in [3.05, 3.63) is 105 Å². The van der Waals surface area contributed by atoms with E-state index in [1.165, 1.54) is 11.1 Å². The van der Waals surface area contributed by atoms with Gasteiger partial charge in [0.25, 0.3) is 6.47 Å². The van der Waals surface area contributed by atoms with E-state index in [-0.39, 0.29) is 6.47 Å². The molecule has 0 heterocycles. The second kappa shape index (κ2) is 12.7. The summed E-state index contributed by atoms with van der Waals surface area (Å²) < 4.78 is 0. The molecule has 0 saturated carbocycles. The molecule has 3 rings (SSSR count). The van der Waals surface area contributed by atoms with Crippen LogP contribution in [0.1, 0.15) is 54.1 Å². The fourth-order valence-corrected chi connectivity index (χ4v) is 3.05. The molecule has 0 aliphatic carbocycles. The lowest BCUT2D eigenvalue weighted by atomic mass is 9.99. The van der Waals surface area contributed by atoms with E-state index >= 15 is 0 Å². The van der Waals surface area contributed by atoms with Crippen LogP contribution in [0.5, 0.6) is 0 Å². The minimum absolute atomic E-state index is 0.250. The minimum Gasteiger partial charge on any atom is -0.483 e. The summed E-state index contributed by atoms with van der Waals surface area (Å²) in [6, 6.07) is 19.2. The van der Waals surface area contributed by atoms with Crippen LogP contribution in [0.3, 0.4) is 0 Å². The molecule has 0 unspecified atom stereocenters. The fraction of sp³-hybridized carbons (Fsp3) is 0.192. The molecule has 0 saturated heterocycles. The van der Waals surface area contributed by atoms with Crippen molar-refractivity contribution in [1.82, 2.24) is 0 Å². The summed E-state index contributed by atoms with van der Waals surface area (Å²) in [6.45, 7) is 7.40. The first-order valence-corrected chi connectivity index (χ1v) is 9.85. The fourth-order valence-electron chi connectivity index (χ4n) is 3.05. The minimum atomic E-state index is -0.864. The average Bonchev–Trinajstić information content (AvgIpc) is 2.71. The molecule has 6 nitrogen and oxygen atoms in total. The Bertz CT molecular complexity index is 1050.